The number of carbonyl (C=O) groups is 4. The maximum Gasteiger partial charge on any atom is 0.325 e. The number of hydrogen-bond acceptors (Lipinski definition) is 7. The molecule has 0 saturated carbocycles. The maximum absolute atomic E-state index is 13.0. The van der Waals surface area contributed by atoms with Crippen LogP contribution in [-0.2, 0) is 40.0 Å². The first-order valence-electron chi connectivity index (χ1n) is 17.7. The number of rotatable bonds is 24. The predicted octanol–water partition coefficient (Wildman–Crippen LogP) is 8.87. The fraction of sp³-hybridized carbons (Fsp3) is 0.737. The highest BCUT2D eigenvalue weighted by molar-refractivity contribution is 5.82. The highest BCUT2D eigenvalue weighted by Crippen LogP contribution is 2.16. The van der Waals surface area contributed by atoms with Gasteiger partial charge in [0.05, 0.1) is 6.42 Å². The van der Waals surface area contributed by atoms with Crippen LogP contribution in [-0.4, -0.2) is 53.0 Å². The fourth-order valence-corrected chi connectivity index (χ4v) is 5.07. The molecule has 0 spiro atoms. The normalized spacial score (nSPS) is 11.6. The van der Waals surface area contributed by atoms with E-state index in [2.05, 4.69) is 0 Å². The van der Waals surface area contributed by atoms with Crippen molar-refractivity contribution in [3.8, 4) is 0 Å². The molecule has 262 valence electrons. The highest BCUT2D eigenvalue weighted by atomic mass is 16.6. The summed E-state index contributed by atoms with van der Waals surface area (Å²) in [6.07, 6.45) is 16.9. The molecule has 0 radical (unpaired) electrons. The van der Waals surface area contributed by atoms with Crippen LogP contribution in [0.5, 0.6) is 0 Å². The van der Waals surface area contributed by atoms with Gasteiger partial charge in [0.15, 0.2) is 0 Å². The number of benzene rings is 1. The number of unbranched alkanes of at least 4 members (excludes halogenated alkanes) is 13. The molecule has 0 aromatic heterocycles. The molecule has 1 rings (SSSR count). The topological polar surface area (TPSA) is 99.2 Å². The fourth-order valence-electron chi connectivity index (χ4n) is 5.07. The summed E-state index contributed by atoms with van der Waals surface area (Å²) >= 11 is 0. The lowest BCUT2D eigenvalue weighted by atomic mass is 10.0. The Morgan fingerprint density at radius 3 is 1.41 bits per heavy atom. The van der Waals surface area contributed by atoms with E-state index in [1.54, 1.807) is 20.8 Å². The van der Waals surface area contributed by atoms with E-state index in [0.29, 0.717) is 12.8 Å². The SMILES string of the molecule is CC(C)(C)OC(=O)CCCCCCCCCCCCCCCCC(=O)N(CCC(=O)OC(C)(C)C)CC(=O)OCc1ccccc1. The van der Waals surface area contributed by atoms with Crippen LogP contribution < -0.4 is 0 Å². The van der Waals surface area contributed by atoms with Crippen LogP contribution in [0.25, 0.3) is 0 Å². The Morgan fingerprint density at radius 1 is 0.543 bits per heavy atom. The van der Waals surface area contributed by atoms with Crippen molar-refractivity contribution in [1.82, 2.24) is 4.90 Å². The summed E-state index contributed by atoms with van der Waals surface area (Å²) in [5.74, 6) is -1.11. The molecule has 0 aliphatic heterocycles. The maximum atomic E-state index is 13.0. The van der Waals surface area contributed by atoms with Crippen LogP contribution in [0, 0.1) is 0 Å². The molecular weight excluding hydrogens is 582 g/mol. The molecular formula is C38H63NO7. The molecule has 8 nitrogen and oxygen atoms in total. The van der Waals surface area contributed by atoms with Crippen LogP contribution in [0.1, 0.15) is 156 Å². The smallest absolute Gasteiger partial charge is 0.325 e. The number of nitrogens with zero attached hydrogens (tertiary/aromatic N) is 1. The Labute approximate surface area is 279 Å². The third-order valence-corrected chi connectivity index (χ3v) is 7.36. The van der Waals surface area contributed by atoms with E-state index >= 15 is 0 Å². The summed E-state index contributed by atoms with van der Waals surface area (Å²) in [7, 11) is 0. The quantitative estimate of drug-likeness (QED) is 0.0629. The first-order valence-corrected chi connectivity index (χ1v) is 17.7. The van der Waals surface area contributed by atoms with Crippen LogP contribution in [0.15, 0.2) is 30.3 Å². The minimum Gasteiger partial charge on any atom is -0.460 e. The zero-order valence-electron chi connectivity index (χ0n) is 29.8. The number of ether oxygens (including phenoxy) is 3. The van der Waals surface area contributed by atoms with Crippen molar-refractivity contribution in [2.45, 2.75) is 169 Å². The lowest BCUT2D eigenvalue weighted by Crippen LogP contribution is -2.38. The zero-order chi connectivity index (χ0) is 34.3. The zero-order valence-corrected chi connectivity index (χ0v) is 29.8. The van der Waals surface area contributed by atoms with Gasteiger partial charge in [-0.05, 0) is 59.9 Å². The lowest BCUT2D eigenvalue weighted by Gasteiger charge is -2.23. The minimum absolute atomic E-state index is 0.0326. The third kappa shape index (κ3) is 24.3. The Kier molecular flexibility index (Phi) is 20.9. The number of esters is 3. The summed E-state index contributed by atoms with van der Waals surface area (Å²) in [5.41, 5.74) is -0.120. The molecule has 1 aromatic carbocycles. The van der Waals surface area contributed by atoms with Crippen LogP contribution in [0.2, 0.25) is 0 Å². The standard InChI is InChI=1S/C38H63NO7/c1-37(2,3)45-34(41)27-23-18-16-14-12-10-8-7-9-11-13-15-17-22-26-33(40)39(29-28-35(42)46-38(4,5)6)30-36(43)44-31-32-24-20-19-21-25-32/h19-21,24-25H,7-18,22-23,26-31H2,1-6H3. The Morgan fingerprint density at radius 2 is 0.957 bits per heavy atom. The molecule has 1 aromatic rings. The monoisotopic (exact) mass is 645 g/mol. The average Bonchev–Trinajstić information content (AvgIpc) is 2.96. The van der Waals surface area contributed by atoms with Gasteiger partial charge < -0.3 is 19.1 Å². The van der Waals surface area contributed by atoms with Gasteiger partial charge in [0, 0.05) is 19.4 Å². The van der Waals surface area contributed by atoms with E-state index < -0.39 is 23.1 Å². The van der Waals surface area contributed by atoms with Gasteiger partial charge >= 0.3 is 17.9 Å². The van der Waals surface area contributed by atoms with E-state index in [9.17, 15) is 19.2 Å². The van der Waals surface area contributed by atoms with Gasteiger partial charge in [-0.1, -0.05) is 107 Å². The van der Waals surface area contributed by atoms with E-state index in [4.69, 9.17) is 14.2 Å². The second kappa shape index (κ2) is 23.4. The molecule has 1 amide bonds. The van der Waals surface area contributed by atoms with Gasteiger partial charge in [-0.2, -0.15) is 0 Å². The van der Waals surface area contributed by atoms with E-state index in [1.165, 1.54) is 62.7 Å². The Balaban J connectivity index is 2.17. The minimum atomic E-state index is -0.604. The predicted molar refractivity (Wildman–Crippen MR) is 183 cm³/mol. The van der Waals surface area contributed by atoms with Gasteiger partial charge in [-0.15, -0.1) is 0 Å². The summed E-state index contributed by atoms with van der Waals surface area (Å²) < 4.78 is 16.1. The molecule has 0 unspecified atom stereocenters. The van der Waals surface area contributed by atoms with Gasteiger partial charge in [0.25, 0.3) is 0 Å². The van der Waals surface area contributed by atoms with Gasteiger partial charge in [-0.3, -0.25) is 19.2 Å². The van der Waals surface area contributed by atoms with Gasteiger partial charge in [-0.25, -0.2) is 0 Å². The molecule has 0 N–H and O–H groups in total. The molecule has 0 bridgehead atoms. The largest absolute Gasteiger partial charge is 0.460 e. The van der Waals surface area contributed by atoms with Crippen molar-refractivity contribution >= 4 is 23.8 Å². The molecule has 0 fully saturated rings. The van der Waals surface area contributed by atoms with E-state index in [0.717, 1.165) is 37.7 Å². The molecule has 8 heteroatoms. The summed E-state index contributed by atoms with van der Waals surface area (Å²) in [6.45, 7) is 11.2. The lowest BCUT2D eigenvalue weighted by molar-refractivity contribution is -0.157. The second-order valence-corrected chi connectivity index (χ2v) is 14.3. The molecule has 0 aliphatic carbocycles. The van der Waals surface area contributed by atoms with Crippen molar-refractivity contribution in [1.29, 1.82) is 0 Å². The van der Waals surface area contributed by atoms with Crippen LogP contribution in [0.4, 0.5) is 0 Å². The Bertz CT molecular complexity index is 995. The van der Waals surface area contributed by atoms with Crippen molar-refractivity contribution in [2.75, 3.05) is 13.1 Å². The number of carbonyl (C=O) groups excluding carboxylic acids is 4. The molecule has 0 aliphatic rings. The summed E-state index contributed by atoms with van der Waals surface area (Å²) in [6, 6.07) is 9.41. The van der Waals surface area contributed by atoms with Crippen LogP contribution in [0.3, 0.4) is 0 Å². The third-order valence-electron chi connectivity index (χ3n) is 7.36. The highest BCUT2D eigenvalue weighted by Gasteiger charge is 2.22. The molecule has 0 saturated heterocycles. The van der Waals surface area contributed by atoms with Crippen molar-refractivity contribution < 1.29 is 33.4 Å². The number of amides is 1. The van der Waals surface area contributed by atoms with E-state index in [-0.39, 0.29) is 38.0 Å². The molecule has 0 atom stereocenters. The van der Waals surface area contributed by atoms with Crippen molar-refractivity contribution in [3.05, 3.63) is 35.9 Å². The first kappa shape index (κ1) is 41.1. The van der Waals surface area contributed by atoms with Gasteiger partial charge in [0.2, 0.25) is 5.91 Å². The van der Waals surface area contributed by atoms with E-state index in [1.807, 2.05) is 51.1 Å². The van der Waals surface area contributed by atoms with Gasteiger partial charge in [0.1, 0.15) is 24.4 Å². The Hall–Kier alpha value is -2.90. The number of hydrogen-bond donors (Lipinski definition) is 0. The first-order chi connectivity index (χ1) is 21.7. The van der Waals surface area contributed by atoms with Crippen LogP contribution >= 0.6 is 0 Å². The van der Waals surface area contributed by atoms with Crippen molar-refractivity contribution in [3.63, 3.8) is 0 Å². The average molecular weight is 646 g/mol. The second-order valence-electron chi connectivity index (χ2n) is 14.3. The van der Waals surface area contributed by atoms with Crippen molar-refractivity contribution in [2.24, 2.45) is 0 Å². The molecule has 0 heterocycles. The summed E-state index contributed by atoms with van der Waals surface area (Å²) in [5, 5.41) is 0. The summed E-state index contributed by atoms with van der Waals surface area (Å²) in [4.78, 5) is 51.0. The molecule has 46 heavy (non-hydrogen) atoms.